The summed E-state index contributed by atoms with van der Waals surface area (Å²) < 4.78 is 14.0. The van der Waals surface area contributed by atoms with Gasteiger partial charge in [-0.1, -0.05) is 13.8 Å². The summed E-state index contributed by atoms with van der Waals surface area (Å²) in [6, 6.07) is 0. The SMILES string of the molecule is CCCOOCCOC(=O)OCCOC(=O)CC. The Hall–Kier alpha value is -1.34. The first kappa shape index (κ1) is 16.7. The van der Waals surface area contributed by atoms with Gasteiger partial charge in [0.25, 0.3) is 0 Å². The van der Waals surface area contributed by atoms with Crippen LogP contribution in [0.25, 0.3) is 0 Å². The van der Waals surface area contributed by atoms with Gasteiger partial charge in [-0.15, -0.1) is 0 Å². The van der Waals surface area contributed by atoms with Gasteiger partial charge in [-0.25, -0.2) is 14.6 Å². The molecule has 0 aromatic rings. The van der Waals surface area contributed by atoms with Gasteiger partial charge in [-0.05, 0) is 6.42 Å². The molecular formula is C11H20O7. The standard InChI is InChI=1S/C11H20O7/c1-3-5-17-18-9-8-16-11(13)15-7-6-14-10(12)4-2/h3-9H2,1-2H3. The smallest absolute Gasteiger partial charge is 0.462 e. The largest absolute Gasteiger partial charge is 0.508 e. The molecule has 0 spiro atoms. The molecule has 0 aromatic heterocycles. The van der Waals surface area contributed by atoms with E-state index in [1.807, 2.05) is 6.92 Å². The van der Waals surface area contributed by atoms with Crippen LogP contribution in [0.1, 0.15) is 26.7 Å². The highest BCUT2D eigenvalue weighted by molar-refractivity contribution is 5.68. The Morgan fingerprint density at radius 2 is 1.33 bits per heavy atom. The fourth-order valence-electron chi connectivity index (χ4n) is 0.784. The van der Waals surface area contributed by atoms with Gasteiger partial charge in [0.2, 0.25) is 0 Å². The van der Waals surface area contributed by atoms with Crippen LogP contribution in [-0.2, 0) is 28.8 Å². The molecule has 0 aliphatic rings. The predicted octanol–water partition coefficient (Wildman–Crippen LogP) is 1.45. The molecule has 0 bridgehead atoms. The van der Waals surface area contributed by atoms with Crippen LogP contribution in [0.4, 0.5) is 4.79 Å². The van der Waals surface area contributed by atoms with Crippen molar-refractivity contribution in [3.63, 3.8) is 0 Å². The van der Waals surface area contributed by atoms with Crippen molar-refractivity contribution in [3.8, 4) is 0 Å². The summed E-state index contributed by atoms with van der Waals surface area (Å²) in [6.45, 7) is 4.29. The van der Waals surface area contributed by atoms with Gasteiger partial charge < -0.3 is 14.2 Å². The topological polar surface area (TPSA) is 80.3 Å². The average molecular weight is 264 g/mol. The molecule has 7 heteroatoms. The third-order valence-electron chi connectivity index (χ3n) is 1.61. The summed E-state index contributed by atoms with van der Waals surface area (Å²) in [5.74, 6) is -0.339. The highest BCUT2D eigenvalue weighted by atomic mass is 17.2. The summed E-state index contributed by atoms with van der Waals surface area (Å²) in [5, 5.41) is 0. The van der Waals surface area contributed by atoms with Gasteiger partial charge in [0.1, 0.15) is 26.4 Å². The zero-order chi connectivity index (χ0) is 13.6. The molecule has 0 fully saturated rings. The van der Waals surface area contributed by atoms with Crippen molar-refractivity contribution in [3.05, 3.63) is 0 Å². The number of ether oxygens (including phenoxy) is 3. The van der Waals surface area contributed by atoms with Crippen LogP contribution in [0.3, 0.4) is 0 Å². The first-order valence-electron chi connectivity index (χ1n) is 5.90. The maximum absolute atomic E-state index is 11.0. The van der Waals surface area contributed by atoms with Crippen LogP contribution in [0.15, 0.2) is 0 Å². The average Bonchev–Trinajstić information content (AvgIpc) is 2.38. The lowest BCUT2D eigenvalue weighted by atomic mass is 10.5. The molecule has 0 saturated heterocycles. The second-order valence-corrected chi connectivity index (χ2v) is 3.16. The maximum atomic E-state index is 11.0. The minimum Gasteiger partial charge on any atom is -0.462 e. The highest BCUT2D eigenvalue weighted by Gasteiger charge is 2.04. The van der Waals surface area contributed by atoms with E-state index in [1.54, 1.807) is 6.92 Å². The Morgan fingerprint density at radius 1 is 0.778 bits per heavy atom. The Labute approximate surface area is 106 Å². The van der Waals surface area contributed by atoms with Crippen molar-refractivity contribution in [2.24, 2.45) is 0 Å². The second-order valence-electron chi connectivity index (χ2n) is 3.16. The predicted molar refractivity (Wildman–Crippen MR) is 60.7 cm³/mol. The van der Waals surface area contributed by atoms with Crippen molar-refractivity contribution in [1.29, 1.82) is 0 Å². The lowest BCUT2D eigenvalue weighted by Gasteiger charge is -2.06. The van der Waals surface area contributed by atoms with E-state index in [4.69, 9.17) is 14.5 Å². The lowest BCUT2D eigenvalue weighted by molar-refractivity contribution is -0.297. The van der Waals surface area contributed by atoms with Gasteiger partial charge in [0.05, 0.1) is 6.61 Å². The van der Waals surface area contributed by atoms with Crippen LogP contribution in [-0.4, -0.2) is 45.2 Å². The van der Waals surface area contributed by atoms with Crippen molar-refractivity contribution >= 4 is 12.1 Å². The highest BCUT2D eigenvalue weighted by Crippen LogP contribution is 1.89. The molecule has 18 heavy (non-hydrogen) atoms. The van der Waals surface area contributed by atoms with E-state index in [0.717, 1.165) is 6.42 Å². The molecule has 0 rings (SSSR count). The summed E-state index contributed by atoms with van der Waals surface area (Å²) in [5.41, 5.74) is 0. The first-order valence-corrected chi connectivity index (χ1v) is 5.90. The van der Waals surface area contributed by atoms with E-state index in [2.05, 4.69) is 9.47 Å². The van der Waals surface area contributed by atoms with E-state index < -0.39 is 6.16 Å². The Bertz CT molecular complexity index is 229. The van der Waals surface area contributed by atoms with E-state index in [9.17, 15) is 9.59 Å². The Balaban J connectivity index is 3.25. The molecule has 0 aromatic carbocycles. The molecule has 0 heterocycles. The molecule has 0 aliphatic carbocycles. The minimum absolute atomic E-state index is 0.0257. The van der Waals surface area contributed by atoms with Crippen molar-refractivity contribution < 1.29 is 33.6 Å². The number of carbonyl (C=O) groups excluding carboxylic acids is 2. The number of carbonyl (C=O) groups is 2. The molecule has 0 unspecified atom stereocenters. The summed E-state index contributed by atoms with van der Waals surface area (Å²) >= 11 is 0. The van der Waals surface area contributed by atoms with E-state index >= 15 is 0 Å². The van der Waals surface area contributed by atoms with Crippen LogP contribution >= 0.6 is 0 Å². The summed E-state index contributed by atoms with van der Waals surface area (Å²) in [4.78, 5) is 31.1. The molecule has 0 amide bonds. The van der Waals surface area contributed by atoms with Crippen molar-refractivity contribution in [2.75, 3.05) is 33.0 Å². The van der Waals surface area contributed by atoms with Crippen LogP contribution in [0.5, 0.6) is 0 Å². The third-order valence-corrected chi connectivity index (χ3v) is 1.61. The summed E-state index contributed by atoms with van der Waals surface area (Å²) in [6.07, 6.45) is 0.306. The Morgan fingerprint density at radius 3 is 1.94 bits per heavy atom. The quantitative estimate of drug-likeness (QED) is 0.255. The first-order chi connectivity index (χ1) is 8.70. The van der Waals surface area contributed by atoms with Gasteiger partial charge in [0, 0.05) is 6.42 Å². The molecular weight excluding hydrogens is 244 g/mol. The fraction of sp³-hybridized carbons (Fsp3) is 0.818. The lowest BCUT2D eigenvalue weighted by Crippen LogP contribution is -2.16. The van der Waals surface area contributed by atoms with Crippen LogP contribution in [0, 0.1) is 0 Å². The van der Waals surface area contributed by atoms with E-state index in [-0.39, 0.29) is 32.4 Å². The fourth-order valence-corrected chi connectivity index (χ4v) is 0.784. The third kappa shape index (κ3) is 11.2. The van der Waals surface area contributed by atoms with Gasteiger partial charge >= 0.3 is 12.1 Å². The zero-order valence-electron chi connectivity index (χ0n) is 10.8. The van der Waals surface area contributed by atoms with E-state index in [0.29, 0.717) is 13.0 Å². The van der Waals surface area contributed by atoms with Crippen molar-refractivity contribution in [1.82, 2.24) is 0 Å². The van der Waals surface area contributed by atoms with Gasteiger partial charge in [-0.3, -0.25) is 4.79 Å². The van der Waals surface area contributed by atoms with Gasteiger partial charge in [-0.2, -0.15) is 0 Å². The number of esters is 1. The summed E-state index contributed by atoms with van der Waals surface area (Å²) in [7, 11) is 0. The normalized spacial score (nSPS) is 9.89. The molecule has 0 aliphatic heterocycles. The Kier molecular flexibility index (Phi) is 11.2. The van der Waals surface area contributed by atoms with E-state index in [1.165, 1.54) is 0 Å². The molecule has 0 saturated carbocycles. The molecule has 0 radical (unpaired) electrons. The molecule has 7 nitrogen and oxygen atoms in total. The molecule has 106 valence electrons. The second kappa shape index (κ2) is 12.1. The van der Waals surface area contributed by atoms with Gasteiger partial charge in [0.15, 0.2) is 0 Å². The van der Waals surface area contributed by atoms with Crippen LogP contribution in [0.2, 0.25) is 0 Å². The van der Waals surface area contributed by atoms with Crippen molar-refractivity contribution in [2.45, 2.75) is 26.7 Å². The minimum atomic E-state index is -0.832. The number of hydrogen-bond acceptors (Lipinski definition) is 7. The zero-order valence-corrected chi connectivity index (χ0v) is 10.8. The molecule has 0 N–H and O–H groups in total. The van der Waals surface area contributed by atoms with Crippen LogP contribution < -0.4 is 0 Å². The molecule has 0 atom stereocenters. The number of rotatable bonds is 10. The number of hydrogen-bond donors (Lipinski definition) is 0. The monoisotopic (exact) mass is 264 g/mol. The maximum Gasteiger partial charge on any atom is 0.508 e.